The van der Waals surface area contributed by atoms with Gasteiger partial charge in [-0.1, -0.05) is 5.16 Å². The Morgan fingerprint density at radius 3 is 3.05 bits per heavy atom. The molecule has 20 heavy (non-hydrogen) atoms. The fourth-order valence-corrected chi connectivity index (χ4v) is 3.91. The Bertz CT molecular complexity index is 702. The molecule has 1 heterocycles. The van der Waals surface area contributed by atoms with Crippen molar-refractivity contribution >= 4 is 16.6 Å². The summed E-state index contributed by atoms with van der Waals surface area (Å²) in [7, 11) is 1.70. The fraction of sp³-hybridized carbons (Fsp3) is 0.438. The third-order valence-corrected chi connectivity index (χ3v) is 4.92. The predicted octanol–water partition coefficient (Wildman–Crippen LogP) is 3.45. The number of nitrogens with zero attached hydrogens (tertiary/aromatic N) is 1. The molecule has 2 aromatic rings. The summed E-state index contributed by atoms with van der Waals surface area (Å²) < 4.78 is 5.34. The second-order valence-electron chi connectivity index (χ2n) is 5.89. The van der Waals surface area contributed by atoms with Crippen LogP contribution in [0.4, 0.5) is 0 Å². The molecular weight excluding hydrogens is 252 g/mol. The van der Waals surface area contributed by atoms with Crippen molar-refractivity contribution in [3.63, 3.8) is 0 Å². The normalized spacial score (nSPS) is 26.8. The average molecular weight is 270 g/mol. The Labute approximate surface area is 117 Å². The Morgan fingerprint density at radius 2 is 2.25 bits per heavy atom. The fourth-order valence-electron chi connectivity index (χ4n) is 3.91. The van der Waals surface area contributed by atoms with Crippen molar-refractivity contribution in [2.24, 2.45) is 11.1 Å². The second-order valence-corrected chi connectivity index (χ2v) is 5.89. The predicted molar refractivity (Wildman–Crippen MR) is 77.9 cm³/mol. The van der Waals surface area contributed by atoms with Crippen LogP contribution in [-0.4, -0.2) is 23.0 Å². The number of aromatic amines is 1. The summed E-state index contributed by atoms with van der Waals surface area (Å²) in [5, 5.41) is 13.9. The van der Waals surface area contributed by atoms with Gasteiger partial charge in [-0.25, -0.2) is 0 Å². The van der Waals surface area contributed by atoms with Crippen LogP contribution in [0.5, 0.6) is 5.75 Å². The maximum Gasteiger partial charge on any atom is 0.119 e. The molecule has 2 bridgehead atoms. The van der Waals surface area contributed by atoms with E-state index in [1.54, 1.807) is 7.11 Å². The molecule has 104 valence electrons. The van der Waals surface area contributed by atoms with Gasteiger partial charge in [0.1, 0.15) is 5.75 Å². The Hall–Kier alpha value is -1.97. The lowest BCUT2D eigenvalue weighted by molar-refractivity contribution is 0.303. The Balaban J connectivity index is 1.88. The number of nitrogens with one attached hydrogen (secondary N) is 1. The van der Waals surface area contributed by atoms with Gasteiger partial charge >= 0.3 is 0 Å². The summed E-state index contributed by atoms with van der Waals surface area (Å²) in [4.78, 5) is 3.60. The number of H-pyrrole nitrogens is 1. The van der Waals surface area contributed by atoms with Crippen LogP contribution in [0.15, 0.2) is 23.4 Å². The highest BCUT2D eigenvalue weighted by atomic mass is 16.5. The van der Waals surface area contributed by atoms with Gasteiger partial charge in [0.15, 0.2) is 0 Å². The highest BCUT2D eigenvalue weighted by molar-refractivity contribution is 5.91. The van der Waals surface area contributed by atoms with Gasteiger partial charge in [-0.2, -0.15) is 0 Å². The van der Waals surface area contributed by atoms with Gasteiger partial charge in [0.05, 0.1) is 12.8 Å². The largest absolute Gasteiger partial charge is 0.497 e. The van der Waals surface area contributed by atoms with Crippen molar-refractivity contribution < 1.29 is 9.94 Å². The molecule has 4 nitrogen and oxygen atoms in total. The molecule has 4 heteroatoms. The van der Waals surface area contributed by atoms with E-state index < -0.39 is 0 Å². The lowest BCUT2D eigenvalue weighted by Gasteiger charge is -2.34. The number of benzene rings is 1. The lowest BCUT2D eigenvalue weighted by atomic mass is 9.70. The first kappa shape index (κ1) is 11.8. The molecule has 1 saturated carbocycles. The first-order valence-corrected chi connectivity index (χ1v) is 7.19. The van der Waals surface area contributed by atoms with E-state index in [0.717, 1.165) is 37.1 Å². The van der Waals surface area contributed by atoms with Crippen LogP contribution in [0, 0.1) is 5.92 Å². The van der Waals surface area contributed by atoms with Crippen molar-refractivity contribution in [3.05, 3.63) is 29.5 Å². The number of hydrogen-bond acceptors (Lipinski definition) is 3. The van der Waals surface area contributed by atoms with Gasteiger partial charge in [0, 0.05) is 28.4 Å². The van der Waals surface area contributed by atoms with Gasteiger partial charge in [0.25, 0.3) is 0 Å². The first-order valence-electron chi connectivity index (χ1n) is 7.19. The lowest BCUT2D eigenvalue weighted by Crippen LogP contribution is -2.30. The van der Waals surface area contributed by atoms with Gasteiger partial charge < -0.3 is 14.9 Å². The van der Waals surface area contributed by atoms with Crippen LogP contribution in [0.2, 0.25) is 0 Å². The molecule has 0 radical (unpaired) electrons. The van der Waals surface area contributed by atoms with Gasteiger partial charge in [-0.15, -0.1) is 0 Å². The van der Waals surface area contributed by atoms with Gasteiger partial charge in [0.2, 0.25) is 0 Å². The first-order chi connectivity index (χ1) is 9.80. The number of rotatable bonds is 1. The molecule has 1 fully saturated rings. The molecule has 4 rings (SSSR count). The zero-order valence-corrected chi connectivity index (χ0v) is 11.5. The van der Waals surface area contributed by atoms with Crippen LogP contribution in [-0.2, 0) is 6.42 Å². The van der Waals surface area contributed by atoms with E-state index in [0.29, 0.717) is 11.8 Å². The summed E-state index contributed by atoms with van der Waals surface area (Å²) in [6.45, 7) is 0. The monoisotopic (exact) mass is 270 g/mol. The molecule has 2 atom stereocenters. The summed E-state index contributed by atoms with van der Waals surface area (Å²) in [6, 6.07) is 6.20. The number of ether oxygens (including phenoxy) is 1. The number of methoxy groups -OCH3 is 1. The van der Waals surface area contributed by atoms with E-state index in [2.05, 4.69) is 22.3 Å². The highest BCUT2D eigenvalue weighted by Gasteiger charge is 2.36. The summed E-state index contributed by atoms with van der Waals surface area (Å²) in [5.74, 6) is 1.87. The van der Waals surface area contributed by atoms with E-state index in [1.165, 1.54) is 22.2 Å². The quantitative estimate of drug-likeness (QED) is 0.616. The standard InChI is InChI=1S/C16H18N2O2/c1-20-11-3-5-15-12(8-11)13-7-10-6-9(16(13)17-15)2-4-14(10)18-19/h3,5,8-10,17,19H,2,4,6-7H2,1H3/b18-14+. The molecule has 0 saturated heterocycles. The van der Waals surface area contributed by atoms with E-state index in [-0.39, 0.29) is 0 Å². The smallest absolute Gasteiger partial charge is 0.119 e. The van der Waals surface area contributed by atoms with Crippen molar-refractivity contribution in [3.8, 4) is 5.75 Å². The maximum atomic E-state index is 9.16. The average Bonchev–Trinajstić information content (AvgIpc) is 2.86. The summed E-state index contributed by atoms with van der Waals surface area (Å²) in [6.07, 6.45) is 4.07. The molecule has 1 aromatic heterocycles. The van der Waals surface area contributed by atoms with Crippen molar-refractivity contribution in [1.82, 2.24) is 4.98 Å². The van der Waals surface area contributed by atoms with Crippen LogP contribution in [0.3, 0.4) is 0 Å². The van der Waals surface area contributed by atoms with Crippen molar-refractivity contribution in [2.75, 3.05) is 7.11 Å². The van der Waals surface area contributed by atoms with Crippen LogP contribution in [0.25, 0.3) is 10.9 Å². The molecule has 1 aromatic carbocycles. The van der Waals surface area contributed by atoms with Crippen LogP contribution in [0.1, 0.15) is 36.4 Å². The third kappa shape index (κ3) is 1.57. The van der Waals surface area contributed by atoms with Crippen LogP contribution >= 0.6 is 0 Å². The zero-order chi connectivity index (χ0) is 13.7. The second kappa shape index (κ2) is 4.27. The highest BCUT2D eigenvalue weighted by Crippen LogP contribution is 2.45. The van der Waals surface area contributed by atoms with E-state index in [4.69, 9.17) is 9.94 Å². The minimum absolute atomic E-state index is 0.399. The van der Waals surface area contributed by atoms with Crippen LogP contribution < -0.4 is 4.74 Å². The minimum atomic E-state index is 0.399. The van der Waals surface area contributed by atoms with Crippen molar-refractivity contribution in [2.45, 2.75) is 31.6 Å². The third-order valence-electron chi connectivity index (χ3n) is 4.92. The SMILES string of the molecule is COc1ccc2[nH]c3c(c2c1)CC1CC3CC/C1=N\O. The molecule has 0 amide bonds. The van der Waals surface area contributed by atoms with Gasteiger partial charge in [-0.05, 0) is 49.4 Å². The van der Waals surface area contributed by atoms with Gasteiger partial charge in [-0.3, -0.25) is 0 Å². The molecule has 2 N–H and O–H groups in total. The molecule has 2 aliphatic carbocycles. The van der Waals surface area contributed by atoms with E-state index in [1.807, 2.05) is 6.07 Å². The van der Waals surface area contributed by atoms with Crippen molar-refractivity contribution in [1.29, 1.82) is 0 Å². The van der Waals surface area contributed by atoms with E-state index >= 15 is 0 Å². The molecule has 2 aliphatic rings. The number of fused-ring (bicyclic) bond motifs is 6. The number of oxime groups is 1. The minimum Gasteiger partial charge on any atom is -0.497 e. The molecule has 2 unspecified atom stereocenters. The Morgan fingerprint density at radius 1 is 1.35 bits per heavy atom. The summed E-state index contributed by atoms with van der Waals surface area (Å²) in [5.41, 5.74) is 4.94. The topological polar surface area (TPSA) is 57.6 Å². The molecule has 0 aliphatic heterocycles. The maximum absolute atomic E-state index is 9.16. The van der Waals surface area contributed by atoms with E-state index in [9.17, 15) is 0 Å². The number of hydrogen-bond donors (Lipinski definition) is 2. The zero-order valence-electron chi connectivity index (χ0n) is 11.5. The number of aromatic nitrogens is 1. The molecular formula is C16H18N2O2. The molecule has 0 spiro atoms. The Kier molecular flexibility index (Phi) is 2.52. The summed E-state index contributed by atoms with van der Waals surface area (Å²) >= 11 is 0.